The van der Waals surface area contributed by atoms with Gasteiger partial charge in [0.15, 0.2) is 5.82 Å². The Morgan fingerprint density at radius 1 is 1.29 bits per heavy atom. The molecule has 2 aromatic rings. The molecule has 24 heavy (non-hydrogen) atoms. The Labute approximate surface area is 154 Å². The number of halogens is 2. The van der Waals surface area contributed by atoms with E-state index in [2.05, 4.69) is 14.9 Å². The fraction of sp³-hybridized carbons (Fsp3) is 0.375. The lowest BCUT2D eigenvalue weighted by Gasteiger charge is -2.59. The van der Waals surface area contributed by atoms with E-state index in [9.17, 15) is 0 Å². The van der Waals surface area contributed by atoms with Crippen molar-refractivity contribution < 1.29 is 0 Å². The Morgan fingerprint density at radius 3 is 2.71 bits per heavy atom. The van der Waals surface area contributed by atoms with Gasteiger partial charge in [-0.3, -0.25) is 0 Å². The number of hydrogen-bond acceptors (Lipinski definition) is 6. The third-order valence-corrected chi connectivity index (χ3v) is 6.95. The first kappa shape index (κ1) is 16.3. The van der Waals surface area contributed by atoms with E-state index in [4.69, 9.17) is 34.7 Å². The van der Waals surface area contributed by atoms with Crippen LogP contribution in [0.25, 0.3) is 0 Å². The molecule has 4 N–H and O–H groups in total. The average molecular weight is 382 g/mol. The average Bonchev–Trinajstić information content (AvgIpc) is 2.51. The van der Waals surface area contributed by atoms with E-state index < -0.39 is 0 Å². The molecule has 1 aliphatic heterocycles. The molecule has 2 aliphatic rings. The normalized spacial score (nSPS) is 21.5. The van der Waals surface area contributed by atoms with Gasteiger partial charge in [-0.05, 0) is 25.0 Å². The summed E-state index contributed by atoms with van der Waals surface area (Å²) in [5.74, 6) is 1.20. The van der Waals surface area contributed by atoms with Crippen LogP contribution < -0.4 is 16.4 Å². The van der Waals surface area contributed by atoms with Crippen LogP contribution in [0, 0.1) is 5.41 Å². The van der Waals surface area contributed by atoms with Gasteiger partial charge in [0.05, 0.1) is 16.2 Å². The fourth-order valence-electron chi connectivity index (χ4n) is 3.27. The van der Waals surface area contributed by atoms with Crippen molar-refractivity contribution >= 4 is 46.6 Å². The molecule has 1 aromatic carbocycles. The van der Waals surface area contributed by atoms with Crippen LogP contribution >= 0.6 is 35.0 Å². The minimum atomic E-state index is 0.290. The molecule has 0 radical (unpaired) electrons. The molecule has 5 nitrogen and oxygen atoms in total. The SMILES string of the molecule is Nc1nc(N2CC3(CC[C@H]3N)C2)cnc1Sc1cccc(Cl)c1Cl. The highest BCUT2D eigenvalue weighted by Gasteiger charge is 2.53. The first-order valence-electron chi connectivity index (χ1n) is 7.73. The molecule has 8 heteroatoms. The maximum Gasteiger partial charge on any atom is 0.158 e. The van der Waals surface area contributed by atoms with Crippen molar-refractivity contribution in [3.63, 3.8) is 0 Å². The second kappa shape index (κ2) is 5.95. The third kappa shape index (κ3) is 2.62. The van der Waals surface area contributed by atoms with Gasteiger partial charge in [-0.25, -0.2) is 9.97 Å². The van der Waals surface area contributed by atoms with Crippen molar-refractivity contribution in [2.24, 2.45) is 11.1 Å². The van der Waals surface area contributed by atoms with Crippen LogP contribution in [0.15, 0.2) is 34.3 Å². The lowest BCUT2D eigenvalue weighted by atomic mass is 9.60. The molecule has 1 aromatic heterocycles. The van der Waals surface area contributed by atoms with Gasteiger partial charge < -0.3 is 16.4 Å². The van der Waals surface area contributed by atoms with Crippen LogP contribution in [0.3, 0.4) is 0 Å². The van der Waals surface area contributed by atoms with E-state index in [1.807, 2.05) is 12.1 Å². The third-order valence-electron chi connectivity index (χ3n) is 4.95. The van der Waals surface area contributed by atoms with Crippen LogP contribution in [0.4, 0.5) is 11.6 Å². The number of nitrogens with two attached hydrogens (primary N) is 2. The van der Waals surface area contributed by atoms with Crippen LogP contribution in [-0.2, 0) is 0 Å². The summed E-state index contributed by atoms with van der Waals surface area (Å²) >= 11 is 13.6. The topological polar surface area (TPSA) is 81.1 Å². The summed E-state index contributed by atoms with van der Waals surface area (Å²) in [7, 11) is 0. The van der Waals surface area contributed by atoms with Crippen molar-refractivity contribution in [1.82, 2.24) is 9.97 Å². The first-order valence-corrected chi connectivity index (χ1v) is 9.31. The van der Waals surface area contributed by atoms with Crippen LogP contribution in [0.1, 0.15) is 12.8 Å². The smallest absolute Gasteiger partial charge is 0.158 e. The Balaban J connectivity index is 1.50. The highest BCUT2D eigenvalue weighted by Crippen LogP contribution is 2.48. The molecule has 126 valence electrons. The van der Waals surface area contributed by atoms with Crippen molar-refractivity contribution in [3.8, 4) is 0 Å². The van der Waals surface area contributed by atoms with Crippen molar-refractivity contribution in [3.05, 3.63) is 34.4 Å². The first-order chi connectivity index (χ1) is 11.5. The van der Waals surface area contributed by atoms with Gasteiger partial charge >= 0.3 is 0 Å². The highest BCUT2D eigenvalue weighted by atomic mass is 35.5. The van der Waals surface area contributed by atoms with Crippen molar-refractivity contribution in [2.45, 2.75) is 28.8 Å². The van der Waals surface area contributed by atoms with Gasteiger partial charge in [-0.15, -0.1) is 0 Å². The fourth-order valence-corrected chi connectivity index (χ4v) is 4.55. The van der Waals surface area contributed by atoms with Crippen LogP contribution in [0.5, 0.6) is 0 Å². The number of nitrogen functional groups attached to an aromatic ring is 1. The number of anilines is 2. The van der Waals surface area contributed by atoms with Gasteiger partial charge in [0, 0.05) is 29.4 Å². The Hall–Kier alpha value is -1.21. The molecule has 1 saturated heterocycles. The van der Waals surface area contributed by atoms with E-state index >= 15 is 0 Å². The standard InChI is InChI=1S/C16H17Cl2N5S/c17-9-2-1-3-10(13(9)18)24-15-14(20)22-12(6-21-15)23-7-16(8-23)5-4-11(16)19/h1-3,6,11H,4-5,7-8,19H2,(H2,20,22)/t11-/m1/s1. The maximum absolute atomic E-state index is 6.21. The molecule has 1 spiro atoms. The van der Waals surface area contributed by atoms with Gasteiger partial charge in [-0.2, -0.15) is 0 Å². The monoisotopic (exact) mass is 381 g/mol. The zero-order chi connectivity index (χ0) is 16.9. The molecule has 1 saturated carbocycles. The summed E-state index contributed by atoms with van der Waals surface area (Å²) < 4.78 is 0. The lowest BCUT2D eigenvalue weighted by Crippen LogP contribution is -2.69. The van der Waals surface area contributed by atoms with E-state index in [1.54, 1.807) is 12.3 Å². The van der Waals surface area contributed by atoms with E-state index in [-0.39, 0.29) is 5.41 Å². The van der Waals surface area contributed by atoms with Crippen LogP contribution in [0.2, 0.25) is 10.0 Å². The summed E-state index contributed by atoms with van der Waals surface area (Å²) in [6.45, 7) is 1.88. The minimum absolute atomic E-state index is 0.290. The molecule has 1 aliphatic carbocycles. The zero-order valence-electron chi connectivity index (χ0n) is 12.9. The second-order valence-electron chi connectivity index (χ2n) is 6.44. The second-order valence-corrected chi connectivity index (χ2v) is 8.25. The van der Waals surface area contributed by atoms with Crippen molar-refractivity contribution in [1.29, 1.82) is 0 Å². The van der Waals surface area contributed by atoms with E-state index in [1.165, 1.54) is 18.2 Å². The predicted molar refractivity (Wildman–Crippen MR) is 98.9 cm³/mol. The summed E-state index contributed by atoms with van der Waals surface area (Å²) in [6.07, 6.45) is 4.08. The number of hydrogen-bond donors (Lipinski definition) is 2. The van der Waals surface area contributed by atoms with Gasteiger partial charge in [-0.1, -0.05) is 41.0 Å². The molecular formula is C16H17Cl2N5S. The number of benzene rings is 1. The number of aromatic nitrogens is 2. The molecule has 0 unspecified atom stereocenters. The van der Waals surface area contributed by atoms with Gasteiger partial charge in [0.1, 0.15) is 10.8 Å². The van der Waals surface area contributed by atoms with Gasteiger partial charge in [0.25, 0.3) is 0 Å². The molecule has 0 bridgehead atoms. The zero-order valence-corrected chi connectivity index (χ0v) is 15.2. The van der Waals surface area contributed by atoms with Gasteiger partial charge in [0.2, 0.25) is 0 Å². The molecule has 1 atom stereocenters. The summed E-state index contributed by atoms with van der Waals surface area (Å²) in [6, 6.07) is 5.79. The molecule has 4 rings (SSSR count). The van der Waals surface area contributed by atoms with Crippen LogP contribution in [-0.4, -0.2) is 29.1 Å². The Morgan fingerprint density at radius 2 is 2.08 bits per heavy atom. The maximum atomic E-state index is 6.21. The largest absolute Gasteiger partial charge is 0.381 e. The molecular weight excluding hydrogens is 365 g/mol. The summed E-state index contributed by atoms with van der Waals surface area (Å²) in [5.41, 5.74) is 12.5. The number of rotatable bonds is 3. The quantitative estimate of drug-likeness (QED) is 0.847. The number of nitrogens with zero attached hydrogens (tertiary/aromatic N) is 3. The van der Waals surface area contributed by atoms with Crippen molar-refractivity contribution in [2.75, 3.05) is 23.7 Å². The Kier molecular flexibility index (Phi) is 4.03. The molecule has 0 amide bonds. The highest BCUT2D eigenvalue weighted by molar-refractivity contribution is 7.99. The molecule has 2 heterocycles. The molecule has 2 fully saturated rings. The van der Waals surface area contributed by atoms with E-state index in [0.717, 1.165) is 30.2 Å². The summed E-state index contributed by atoms with van der Waals surface area (Å²) in [5, 5.41) is 1.63. The van der Waals surface area contributed by atoms with E-state index in [0.29, 0.717) is 26.9 Å². The summed E-state index contributed by atoms with van der Waals surface area (Å²) in [4.78, 5) is 11.9. The Bertz CT molecular complexity index is 794. The predicted octanol–water partition coefficient (Wildman–Crippen LogP) is 3.44. The lowest BCUT2D eigenvalue weighted by molar-refractivity contribution is 0.0557. The minimum Gasteiger partial charge on any atom is -0.381 e.